The fourth-order valence-electron chi connectivity index (χ4n) is 2.18. The number of carbonyl (C=O) groups excluding carboxylic acids is 1. The number of rotatable bonds is 5. The summed E-state index contributed by atoms with van der Waals surface area (Å²) in [5, 5.41) is 3.29. The number of hydrogen-bond donors (Lipinski definition) is 1. The van der Waals surface area contributed by atoms with Gasteiger partial charge in [-0.2, -0.15) is 0 Å². The number of nitrogens with one attached hydrogen (secondary N) is 1. The van der Waals surface area contributed by atoms with Gasteiger partial charge in [0, 0.05) is 17.0 Å². The SMILES string of the molecule is CC(C)SC(C)(C)C(=O)Nc1ccc(-c2ccccc2)cn1. The van der Waals surface area contributed by atoms with Crippen LogP contribution < -0.4 is 5.32 Å². The molecule has 116 valence electrons. The summed E-state index contributed by atoms with van der Waals surface area (Å²) in [5.41, 5.74) is 2.15. The second-order valence-corrected chi connectivity index (χ2v) is 8.13. The molecule has 1 heterocycles. The number of amides is 1. The zero-order valence-corrected chi connectivity index (χ0v) is 14.3. The minimum Gasteiger partial charge on any atom is -0.310 e. The number of anilines is 1. The van der Waals surface area contributed by atoms with E-state index < -0.39 is 4.75 Å². The highest BCUT2D eigenvalue weighted by Crippen LogP contribution is 2.29. The first kappa shape index (κ1) is 16.6. The fraction of sp³-hybridized carbons (Fsp3) is 0.333. The molecule has 0 radical (unpaired) electrons. The first-order valence-electron chi connectivity index (χ1n) is 7.39. The number of pyridine rings is 1. The molecule has 0 aliphatic rings. The Morgan fingerprint density at radius 3 is 2.32 bits per heavy atom. The van der Waals surface area contributed by atoms with Crippen LogP contribution in [0.15, 0.2) is 48.7 Å². The fourth-order valence-corrected chi connectivity index (χ4v) is 3.52. The van der Waals surface area contributed by atoms with E-state index in [9.17, 15) is 4.79 Å². The standard InChI is InChI=1S/C18H22N2OS/c1-13(2)22-18(3,4)17(21)20-16-11-10-15(12-19-16)14-8-6-5-7-9-14/h5-13H,1-4H3,(H,19,20,21). The molecule has 0 saturated carbocycles. The van der Waals surface area contributed by atoms with Gasteiger partial charge in [-0.15, -0.1) is 11.8 Å². The summed E-state index contributed by atoms with van der Waals surface area (Å²) in [5.74, 6) is 0.563. The molecule has 0 spiro atoms. The normalized spacial score (nSPS) is 11.5. The molecule has 2 aromatic rings. The Morgan fingerprint density at radius 2 is 1.77 bits per heavy atom. The number of nitrogens with zero attached hydrogens (tertiary/aromatic N) is 1. The van der Waals surface area contributed by atoms with E-state index in [4.69, 9.17) is 0 Å². The molecule has 3 nitrogen and oxygen atoms in total. The van der Waals surface area contributed by atoms with Crippen molar-refractivity contribution in [2.75, 3.05) is 5.32 Å². The summed E-state index contributed by atoms with van der Waals surface area (Å²) in [6.07, 6.45) is 1.79. The minimum absolute atomic E-state index is 0.0221. The largest absolute Gasteiger partial charge is 0.310 e. The first-order valence-corrected chi connectivity index (χ1v) is 8.27. The van der Waals surface area contributed by atoms with E-state index in [1.165, 1.54) is 0 Å². The van der Waals surface area contributed by atoms with Gasteiger partial charge in [0.1, 0.15) is 5.82 Å². The number of aromatic nitrogens is 1. The topological polar surface area (TPSA) is 42.0 Å². The van der Waals surface area contributed by atoms with Crippen molar-refractivity contribution in [3.63, 3.8) is 0 Å². The van der Waals surface area contributed by atoms with E-state index in [0.717, 1.165) is 11.1 Å². The third-order valence-corrected chi connectivity index (χ3v) is 4.44. The molecule has 0 atom stereocenters. The molecule has 0 bridgehead atoms. The van der Waals surface area contributed by atoms with Gasteiger partial charge in [0.25, 0.3) is 0 Å². The molecule has 1 aromatic carbocycles. The van der Waals surface area contributed by atoms with E-state index in [1.54, 1.807) is 18.0 Å². The van der Waals surface area contributed by atoms with Gasteiger partial charge in [0.05, 0.1) is 4.75 Å². The van der Waals surface area contributed by atoms with Gasteiger partial charge in [-0.3, -0.25) is 4.79 Å². The molecular weight excluding hydrogens is 292 g/mol. The molecule has 4 heteroatoms. The first-order chi connectivity index (χ1) is 10.4. The van der Waals surface area contributed by atoms with Crippen LogP contribution in [0.2, 0.25) is 0 Å². The van der Waals surface area contributed by atoms with Gasteiger partial charge in [-0.1, -0.05) is 44.2 Å². The van der Waals surface area contributed by atoms with Crippen molar-refractivity contribution in [3.05, 3.63) is 48.7 Å². The molecule has 22 heavy (non-hydrogen) atoms. The van der Waals surface area contributed by atoms with Gasteiger partial charge in [-0.25, -0.2) is 4.98 Å². The van der Waals surface area contributed by atoms with Crippen molar-refractivity contribution in [1.82, 2.24) is 4.98 Å². The number of hydrogen-bond acceptors (Lipinski definition) is 3. The Labute approximate surface area is 136 Å². The molecule has 1 amide bonds. The number of benzene rings is 1. The van der Waals surface area contributed by atoms with Gasteiger partial charge < -0.3 is 5.32 Å². The van der Waals surface area contributed by atoms with Crippen molar-refractivity contribution in [2.45, 2.75) is 37.7 Å². The maximum Gasteiger partial charge on any atom is 0.241 e. The highest BCUT2D eigenvalue weighted by molar-refractivity contribution is 8.01. The summed E-state index contributed by atoms with van der Waals surface area (Å²) in [6.45, 7) is 8.05. The van der Waals surface area contributed by atoms with Gasteiger partial charge >= 0.3 is 0 Å². The van der Waals surface area contributed by atoms with Crippen molar-refractivity contribution in [2.24, 2.45) is 0 Å². The van der Waals surface area contributed by atoms with E-state index in [0.29, 0.717) is 11.1 Å². The van der Waals surface area contributed by atoms with Crippen molar-refractivity contribution >= 4 is 23.5 Å². The predicted molar refractivity (Wildman–Crippen MR) is 95.1 cm³/mol. The highest BCUT2D eigenvalue weighted by Gasteiger charge is 2.29. The number of carbonyl (C=O) groups is 1. The van der Waals surface area contributed by atoms with Crippen LogP contribution in [0.3, 0.4) is 0 Å². The van der Waals surface area contributed by atoms with Crippen LogP contribution in [-0.4, -0.2) is 20.9 Å². The molecular formula is C18H22N2OS. The smallest absolute Gasteiger partial charge is 0.241 e. The quantitative estimate of drug-likeness (QED) is 0.876. The summed E-state index contributed by atoms with van der Waals surface area (Å²) < 4.78 is -0.478. The second-order valence-electron chi connectivity index (χ2n) is 5.93. The van der Waals surface area contributed by atoms with E-state index >= 15 is 0 Å². The summed E-state index contributed by atoms with van der Waals surface area (Å²) in [7, 11) is 0. The third-order valence-electron chi connectivity index (χ3n) is 3.19. The van der Waals surface area contributed by atoms with Crippen molar-refractivity contribution in [3.8, 4) is 11.1 Å². The second kappa shape index (κ2) is 6.97. The van der Waals surface area contributed by atoms with Crippen molar-refractivity contribution in [1.29, 1.82) is 0 Å². The molecule has 0 saturated heterocycles. The summed E-state index contributed by atoms with van der Waals surface area (Å²) in [4.78, 5) is 16.7. The van der Waals surface area contributed by atoms with Crippen molar-refractivity contribution < 1.29 is 4.79 Å². The van der Waals surface area contributed by atoms with Crippen LogP contribution in [0.5, 0.6) is 0 Å². The lowest BCUT2D eigenvalue weighted by Gasteiger charge is -2.24. The Balaban J connectivity index is 2.07. The van der Waals surface area contributed by atoms with Crippen LogP contribution in [0.1, 0.15) is 27.7 Å². The average Bonchev–Trinajstić information content (AvgIpc) is 2.47. The average molecular weight is 314 g/mol. The maximum absolute atomic E-state index is 12.4. The lowest BCUT2D eigenvalue weighted by Crippen LogP contribution is -2.35. The van der Waals surface area contributed by atoms with E-state index in [2.05, 4.69) is 24.1 Å². The lowest BCUT2D eigenvalue weighted by atomic mass is 10.1. The molecule has 0 aliphatic carbocycles. The van der Waals surface area contributed by atoms with Crippen LogP contribution in [-0.2, 0) is 4.79 Å². The molecule has 1 aromatic heterocycles. The Kier molecular flexibility index (Phi) is 5.24. The third kappa shape index (κ3) is 4.34. The van der Waals surface area contributed by atoms with Gasteiger partial charge in [-0.05, 0) is 31.5 Å². The monoisotopic (exact) mass is 314 g/mol. The van der Waals surface area contributed by atoms with E-state index in [-0.39, 0.29) is 5.91 Å². The molecule has 0 fully saturated rings. The summed E-state index contributed by atoms with van der Waals surface area (Å²) >= 11 is 1.64. The lowest BCUT2D eigenvalue weighted by molar-refractivity contribution is -0.117. The van der Waals surface area contributed by atoms with E-state index in [1.807, 2.05) is 56.3 Å². The summed E-state index contributed by atoms with van der Waals surface area (Å²) in [6, 6.07) is 13.9. The Morgan fingerprint density at radius 1 is 1.09 bits per heavy atom. The molecule has 1 N–H and O–H groups in total. The molecule has 0 aliphatic heterocycles. The van der Waals surface area contributed by atoms with Crippen LogP contribution >= 0.6 is 11.8 Å². The predicted octanol–water partition coefficient (Wildman–Crippen LogP) is 4.61. The van der Waals surface area contributed by atoms with Crippen LogP contribution in [0.4, 0.5) is 5.82 Å². The molecule has 2 rings (SSSR count). The Bertz CT molecular complexity index is 621. The Hall–Kier alpha value is -1.81. The van der Waals surface area contributed by atoms with Crippen LogP contribution in [0, 0.1) is 0 Å². The van der Waals surface area contributed by atoms with Gasteiger partial charge in [0.2, 0.25) is 5.91 Å². The zero-order chi connectivity index (χ0) is 16.2. The molecule has 0 unspecified atom stereocenters. The van der Waals surface area contributed by atoms with Gasteiger partial charge in [0.15, 0.2) is 0 Å². The van der Waals surface area contributed by atoms with Crippen LogP contribution in [0.25, 0.3) is 11.1 Å². The number of thioether (sulfide) groups is 1. The minimum atomic E-state index is -0.478. The maximum atomic E-state index is 12.4. The zero-order valence-electron chi connectivity index (χ0n) is 13.5. The highest BCUT2D eigenvalue weighted by atomic mass is 32.2.